The summed E-state index contributed by atoms with van der Waals surface area (Å²) in [5.41, 5.74) is 0.470. The molecule has 136 valence electrons. The van der Waals surface area contributed by atoms with Crippen LogP contribution in [0.15, 0.2) is 45.9 Å². The second-order valence-electron chi connectivity index (χ2n) is 6.52. The summed E-state index contributed by atoms with van der Waals surface area (Å²) in [5, 5.41) is 4.61. The minimum absolute atomic E-state index is 0.102. The molecule has 0 aliphatic carbocycles. The molecule has 1 N–H and O–H groups in total. The minimum Gasteiger partial charge on any atom is -0.338 e. The Balaban J connectivity index is 1.58. The van der Waals surface area contributed by atoms with Crippen LogP contribution in [0.1, 0.15) is 24.2 Å². The zero-order valence-electron chi connectivity index (χ0n) is 14.5. The number of aromatic nitrogens is 3. The minimum atomic E-state index is -3.70. The Hall–Kier alpha value is -2.36. The highest BCUT2D eigenvalue weighted by atomic mass is 32.2. The van der Waals surface area contributed by atoms with Crippen LogP contribution in [-0.4, -0.2) is 48.1 Å². The number of nitrogens with one attached hydrogen (secondary N) is 1. The molecule has 1 aliphatic rings. The number of likely N-dealkylation sites (tertiary alicyclic amines) is 1. The van der Waals surface area contributed by atoms with Gasteiger partial charge in [-0.15, -0.1) is 0 Å². The van der Waals surface area contributed by atoms with E-state index in [0.717, 1.165) is 5.39 Å². The summed E-state index contributed by atoms with van der Waals surface area (Å²) < 4.78 is 33.9. The first-order chi connectivity index (χ1) is 12.4. The molecule has 2 aromatic heterocycles. The maximum absolute atomic E-state index is 12.9. The Morgan fingerprint density at radius 3 is 2.85 bits per heavy atom. The van der Waals surface area contributed by atoms with E-state index in [2.05, 4.69) is 19.8 Å². The highest BCUT2D eigenvalue weighted by Gasteiger charge is 2.36. The molecular formula is C17H19N5O3S. The second kappa shape index (κ2) is 6.42. The molecule has 9 heteroatoms. The topological polar surface area (TPSA) is 101 Å². The van der Waals surface area contributed by atoms with E-state index in [4.69, 9.17) is 4.52 Å². The molecule has 26 heavy (non-hydrogen) atoms. The normalized spacial score (nSPS) is 21.5. The van der Waals surface area contributed by atoms with Gasteiger partial charge in [-0.2, -0.15) is 4.98 Å². The third-order valence-electron chi connectivity index (χ3n) is 4.58. The number of rotatable bonds is 4. The molecule has 4 rings (SSSR count). The maximum Gasteiger partial charge on any atom is 0.244 e. The third kappa shape index (κ3) is 3.09. The number of pyridine rings is 1. The maximum atomic E-state index is 12.9. The van der Waals surface area contributed by atoms with Gasteiger partial charge in [0, 0.05) is 24.2 Å². The van der Waals surface area contributed by atoms with E-state index < -0.39 is 10.0 Å². The summed E-state index contributed by atoms with van der Waals surface area (Å²) in [7, 11) is -1.79. The fourth-order valence-corrected chi connectivity index (χ4v) is 4.82. The van der Waals surface area contributed by atoms with Crippen LogP contribution in [0, 0.1) is 6.92 Å². The van der Waals surface area contributed by atoms with Crippen LogP contribution in [0.3, 0.4) is 0 Å². The quantitative estimate of drug-likeness (QED) is 0.742. The first kappa shape index (κ1) is 17.1. The van der Waals surface area contributed by atoms with Crippen LogP contribution in [0.25, 0.3) is 10.9 Å². The number of hydrogen-bond acceptors (Lipinski definition) is 7. The van der Waals surface area contributed by atoms with Crippen LogP contribution in [-0.2, 0) is 10.0 Å². The number of aryl methyl sites for hydroxylation is 1. The molecule has 1 saturated heterocycles. The molecule has 1 aromatic carbocycles. The van der Waals surface area contributed by atoms with Crippen molar-refractivity contribution in [2.45, 2.75) is 30.3 Å². The van der Waals surface area contributed by atoms with E-state index in [0.29, 0.717) is 30.2 Å². The van der Waals surface area contributed by atoms with E-state index in [1.165, 1.54) is 0 Å². The van der Waals surface area contributed by atoms with Gasteiger partial charge in [-0.1, -0.05) is 23.4 Å². The van der Waals surface area contributed by atoms with Crippen LogP contribution in [0.5, 0.6) is 0 Å². The average molecular weight is 373 g/mol. The van der Waals surface area contributed by atoms with Gasteiger partial charge in [0.25, 0.3) is 0 Å². The highest BCUT2D eigenvalue weighted by molar-refractivity contribution is 7.89. The number of benzene rings is 1. The van der Waals surface area contributed by atoms with E-state index >= 15 is 0 Å². The molecule has 0 saturated carbocycles. The molecule has 3 heterocycles. The van der Waals surface area contributed by atoms with Gasteiger partial charge < -0.3 is 4.52 Å². The summed E-state index contributed by atoms with van der Waals surface area (Å²) in [6, 6.07) is 8.43. The lowest BCUT2D eigenvalue weighted by Gasteiger charge is -2.14. The Bertz CT molecular complexity index is 1040. The lowest BCUT2D eigenvalue weighted by atomic mass is 10.2. The summed E-state index contributed by atoms with van der Waals surface area (Å²) in [5.74, 6) is 1.08. The van der Waals surface area contributed by atoms with Gasteiger partial charge in [-0.25, -0.2) is 13.1 Å². The molecule has 8 nitrogen and oxygen atoms in total. The summed E-state index contributed by atoms with van der Waals surface area (Å²) >= 11 is 0. The summed E-state index contributed by atoms with van der Waals surface area (Å²) in [6.07, 6.45) is 2.16. The number of nitrogens with zero attached hydrogens (tertiary/aromatic N) is 4. The molecule has 0 unspecified atom stereocenters. The van der Waals surface area contributed by atoms with Crippen LogP contribution < -0.4 is 4.72 Å². The van der Waals surface area contributed by atoms with E-state index in [1.54, 1.807) is 31.3 Å². The number of likely N-dealkylation sites (N-methyl/N-ethyl adjacent to an activating group) is 1. The first-order valence-electron chi connectivity index (χ1n) is 8.30. The molecule has 0 radical (unpaired) electrons. The van der Waals surface area contributed by atoms with Gasteiger partial charge in [0.15, 0.2) is 5.82 Å². The molecule has 1 aliphatic heterocycles. The molecule has 0 spiro atoms. The van der Waals surface area contributed by atoms with E-state index in [-0.39, 0.29) is 17.0 Å². The van der Waals surface area contributed by atoms with E-state index in [1.807, 2.05) is 24.1 Å². The van der Waals surface area contributed by atoms with Crippen molar-refractivity contribution in [2.75, 3.05) is 13.6 Å². The van der Waals surface area contributed by atoms with Gasteiger partial charge in [-0.3, -0.25) is 9.88 Å². The predicted octanol–water partition coefficient (Wildman–Crippen LogP) is 1.65. The molecule has 0 bridgehead atoms. The second-order valence-corrected chi connectivity index (χ2v) is 8.20. The third-order valence-corrected chi connectivity index (χ3v) is 6.14. The van der Waals surface area contributed by atoms with Gasteiger partial charge in [0.05, 0.1) is 11.6 Å². The van der Waals surface area contributed by atoms with Crippen LogP contribution in [0.4, 0.5) is 0 Å². The largest absolute Gasteiger partial charge is 0.338 e. The standard InChI is InChI=1S/C17H19N5O3S/c1-11-19-17(25-20-11)14-9-13(10-22(14)2)21-26(23,24)15-7-3-5-12-6-4-8-18-16(12)15/h3-8,13-14,21H,9-10H2,1-2H3/t13-,14-/m0/s1. The average Bonchev–Trinajstić information content (AvgIpc) is 3.19. The number of sulfonamides is 1. The van der Waals surface area contributed by atoms with Crippen molar-refractivity contribution in [3.8, 4) is 0 Å². The Labute approximate surface area is 151 Å². The summed E-state index contributed by atoms with van der Waals surface area (Å²) in [4.78, 5) is 10.7. The van der Waals surface area contributed by atoms with Crippen molar-refractivity contribution in [3.63, 3.8) is 0 Å². The lowest BCUT2D eigenvalue weighted by Crippen LogP contribution is -2.36. The van der Waals surface area contributed by atoms with Gasteiger partial charge >= 0.3 is 0 Å². The number of fused-ring (bicyclic) bond motifs is 1. The van der Waals surface area contributed by atoms with Crippen molar-refractivity contribution in [3.05, 3.63) is 48.2 Å². The lowest BCUT2D eigenvalue weighted by molar-refractivity contribution is 0.244. The first-order valence-corrected chi connectivity index (χ1v) is 9.79. The van der Waals surface area contributed by atoms with Crippen molar-refractivity contribution in [2.24, 2.45) is 0 Å². The van der Waals surface area contributed by atoms with E-state index in [9.17, 15) is 8.42 Å². The van der Waals surface area contributed by atoms with Gasteiger partial charge in [-0.05, 0) is 32.5 Å². The molecule has 0 amide bonds. The van der Waals surface area contributed by atoms with Crippen molar-refractivity contribution < 1.29 is 12.9 Å². The molecule has 2 atom stereocenters. The van der Waals surface area contributed by atoms with Crippen molar-refractivity contribution in [1.82, 2.24) is 24.7 Å². The van der Waals surface area contributed by atoms with Crippen molar-refractivity contribution in [1.29, 1.82) is 0 Å². The molecular weight excluding hydrogens is 354 g/mol. The summed E-state index contributed by atoms with van der Waals surface area (Å²) in [6.45, 7) is 2.32. The Kier molecular flexibility index (Phi) is 4.22. The van der Waals surface area contributed by atoms with Crippen LogP contribution >= 0.6 is 0 Å². The fraction of sp³-hybridized carbons (Fsp3) is 0.353. The van der Waals surface area contributed by atoms with Crippen LogP contribution in [0.2, 0.25) is 0 Å². The number of para-hydroxylation sites is 1. The molecule has 1 fully saturated rings. The predicted molar refractivity (Wildman–Crippen MR) is 94.9 cm³/mol. The van der Waals surface area contributed by atoms with Crippen molar-refractivity contribution >= 4 is 20.9 Å². The number of hydrogen-bond donors (Lipinski definition) is 1. The highest BCUT2D eigenvalue weighted by Crippen LogP contribution is 2.30. The van der Waals surface area contributed by atoms with Gasteiger partial charge in [0.2, 0.25) is 15.9 Å². The fourth-order valence-electron chi connectivity index (χ4n) is 3.40. The zero-order valence-corrected chi connectivity index (χ0v) is 15.3. The smallest absolute Gasteiger partial charge is 0.244 e. The monoisotopic (exact) mass is 373 g/mol. The SMILES string of the molecule is Cc1noc([C@@H]2C[C@H](NS(=O)(=O)c3cccc4cccnc34)CN2C)n1. The zero-order chi connectivity index (χ0) is 18.3. The van der Waals surface area contributed by atoms with Gasteiger partial charge in [0.1, 0.15) is 4.90 Å². The molecule has 3 aromatic rings. The Morgan fingerprint density at radius 1 is 1.27 bits per heavy atom. The Morgan fingerprint density at radius 2 is 2.08 bits per heavy atom.